The quantitative estimate of drug-likeness (QED) is 0.529. The molecule has 34 heavy (non-hydrogen) atoms. The van der Waals surface area contributed by atoms with Gasteiger partial charge in [-0.1, -0.05) is 0 Å². The first-order valence-corrected chi connectivity index (χ1v) is 11.1. The summed E-state index contributed by atoms with van der Waals surface area (Å²) in [5.74, 6) is -2.63. The molecule has 1 aliphatic heterocycles. The van der Waals surface area contributed by atoms with Gasteiger partial charge in [0.15, 0.2) is 12.4 Å². The number of amides is 2. The Balaban J connectivity index is 1.12. The molecule has 2 aromatic heterocycles. The van der Waals surface area contributed by atoms with E-state index in [9.17, 15) is 18.4 Å². The Morgan fingerprint density at radius 1 is 1.35 bits per heavy atom. The lowest BCUT2D eigenvalue weighted by molar-refractivity contribution is -0.0510. The van der Waals surface area contributed by atoms with E-state index in [2.05, 4.69) is 25.9 Å². The van der Waals surface area contributed by atoms with Crippen molar-refractivity contribution in [3.63, 3.8) is 0 Å². The maximum Gasteiger partial charge on any atom is 0.407 e. The highest BCUT2D eigenvalue weighted by Gasteiger charge is 2.57. The number of aromatic nitrogens is 4. The molecule has 4 aliphatic rings. The van der Waals surface area contributed by atoms with Gasteiger partial charge >= 0.3 is 6.09 Å². The number of ether oxygens (including phenoxy) is 3. The minimum absolute atomic E-state index is 0.0427. The number of alkyl halides is 2. The fraction of sp³-hybridized carbons (Fsp3) is 0.619. The number of anilines is 1. The summed E-state index contributed by atoms with van der Waals surface area (Å²) in [6, 6.07) is 2.90. The van der Waals surface area contributed by atoms with Crippen LogP contribution in [0.1, 0.15) is 54.9 Å². The molecular formula is C21H26F2N6O5. The van der Waals surface area contributed by atoms with Crippen molar-refractivity contribution in [2.45, 2.75) is 56.3 Å². The molecule has 13 heteroatoms. The Kier molecular flexibility index (Phi) is 5.46. The van der Waals surface area contributed by atoms with Crippen LogP contribution in [-0.2, 0) is 16.5 Å². The van der Waals surface area contributed by atoms with Crippen LogP contribution in [0, 0.1) is 5.92 Å². The summed E-state index contributed by atoms with van der Waals surface area (Å²) in [5, 5.41) is 16.4. The van der Waals surface area contributed by atoms with Crippen molar-refractivity contribution in [3.05, 3.63) is 23.5 Å². The van der Waals surface area contributed by atoms with Gasteiger partial charge in [-0.2, -0.15) is 5.10 Å². The van der Waals surface area contributed by atoms with E-state index in [4.69, 9.17) is 14.2 Å². The number of aryl methyl sites for hydroxylation is 1. The third-order valence-electron chi connectivity index (χ3n) is 6.39. The molecule has 3 heterocycles. The summed E-state index contributed by atoms with van der Waals surface area (Å²) in [7, 11) is 1.50. The Morgan fingerprint density at radius 2 is 2.12 bits per heavy atom. The summed E-state index contributed by atoms with van der Waals surface area (Å²) >= 11 is 0. The van der Waals surface area contributed by atoms with E-state index in [1.165, 1.54) is 17.8 Å². The van der Waals surface area contributed by atoms with E-state index in [1.807, 2.05) is 0 Å². The SMILES string of the molecule is Cn1nc(OCC(C)(F)F)cc1C(=O)Nc1cc([C@@H]2C[C@H](OC(=O)NC34CC(C3)C4)CO2)[nH]n1. The molecule has 0 radical (unpaired) electrons. The number of alkyl carbamates (subject to hydrolysis) is 1. The topological polar surface area (TPSA) is 132 Å². The molecule has 2 atom stereocenters. The Labute approximate surface area is 193 Å². The van der Waals surface area contributed by atoms with Crippen LogP contribution in [0.3, 0.4) is 0 Å². The smallest absolute Gasteiger partial charge is 0.407 e. The standard InChI is InChI=1S/C21H26F2N6O5/c1-20(22,23)10-33-17-5-14(29(2)28-17)18(30)24-16-4-13(26-27-16)15-3-12(9-32-15)34-19(31)25-21-6-11(7-21)8-21/h4-5,11-12,15H,3,6-10H2,1-2H3,(H,25,31)(H2,24,26,27,30)/t11?,12-,15-,21?/m0/s1. The Bertz CT molecular complexity index is 1080. The van der Waals surface area contributed by atoms with E-state index in [0.29, 0.717) is 12.1 Å². The minimum atomic E-state index is -3.02. The summed E-state index contributed by atoms with van der Waals surface area (Å²) in [6.07, 6.45) is 2.43. The largest absolute Gasteiger partial charge is 0.470 e. The summed E-state index contributed by atoms with van der Waals surface area (Å²) in [4.78, 5) is 24.7. The van der Waals surface area contributed by atoms with Gasteiger partial charge in [-0.25, -0.2) is 13.6 Å². The lowest BCUT2D eigenvalue weighted by Gasteiger charge is -2.61. The van der Waals surface area contributed by atoms with E-state index in [0.717, 1.165) is 32.1 Å². The molecule has 184 valence electrons. The number of nitrogens with one attached hydrogen (secondary N) is 3. The second-order valence-corrected chi connectivity index (χ2v) is 9.48. The molecule has 0 aromatic carbocycles. The molecule has 2 bridgehead atoms. The number of carbonyl (C=O) groups excluding carboxylic acids is 2. The fourth-order valence-electron chi connectivity index (χ4n) is 4.60. The molecule has 2 amide bonds. The van der Waals surface area contributed by atoms with Gasteiger partial charge < -0.3 is 24.8 Å². The monoisotopic (exact) mass is 480 g/mol. The second kappa shape index (κ2) is 8.22. The van der Waals surface area contributed by atoms with E-state index in [-0.39, 0.29) is 41.7 Å². The molecule has 0 unspecified atom stereocenters. The zero-order chi connectivity index (χ0) is 24.1. The van der Waals surface area contributed by atoms with Gasteiger partial charge in [-0.15, -0.1) is 5.10 Å². The van der Waals surface area contributed by atoms with Crippen molar-refractivity contribution in [2.24, 2.45) is 13.0 Å². The summed E-state index contributed by atoms with van der Waals surface area (Å²) < 4.78 is 43.3. The number of halogens is 2. The highest BCUT2D eigenvalue weighted by Crippen LogP contribution is 2.56. The third kappa shape index (κ3) is 4.69. The maximum absolute atomic E-state index is 13.0. The molecular weight excluding hydrogens is 454 g/mol. The molecule has 1 saturated heterocycles. The Hall–Kier alpha value is -3.22. The van der Waals surface area contributed by atoms with Crippen molar-refractivity contribution < 1.29 is 32.6 Å². The number of nitrogens with zero attached hydrogens (tertiary/aromatic N) is 3. The van der Waals surface area contributed by atoms with E-state index in [1.54, 1.807) is 6.07 Å². The van der Waals surface area contributed by atoms with Gasteiger partial charge in [0.1, 0.15) is 17.9 Å². The number of rotatable bonds is 8. The lowest BCUT2D eigenvalue weighted by Crippen LogP contribution is -2.68. The van der Waals surface area contributed by atoms with Crippen LogP contribution < -0.4 is 15.4 Å². The molecule has 6 rings (SSSR count). The van der Waals surface area contributed by atoms with Gasteiger partial charge in [0.2, 0.25) is 5.88 Å². The van der Waals surface area contributed by atoms with Crippen LogP contribution in [0.15, 0.2) is 12.1 Å². The molecule has 3 aliphatic carbocycles. The zero-order valence-electron chi connectivity index (χ0n) is 18.8. The zero-order valence-corrected chi connectivity index (χ0v) is 18.8. The number of carbonyl (C=O) groups is 2. The average Bonchev–Trinajstić information content (AvgIpc) is 3.41. The van der Waals surface area contributed by atoms with Crippen molar-refractivity contribution >= 4 is 17.8 Å². The third-order valence-corrected chi connectivity index (χ3v) is 6.39. The lowest BCUT2D eigenvalue weighted by atomic mass is 9.50. The van der Waals surface area contributed by atoms with Gasteiger partial charge in [-0.3, -0.25) is 14.6 Å². The number of H-pyrrole nitrogens is 1. The molecule has 0 spiro atoms. The highest BCUT2D eigenvalue weighted by molar-refractivity contribution is 6.02. The predicted molar refractivity (Wildman–Crippen MR) is 113 cm³/mol. The number of aromatic amines is 1. The first kappa shape index (κ1) is 22.6. The number of hydrogen-bond donors (Lipinski definition) is 3. The first-order chi connectivity index (χ1) is 16.1. The van der Waals surface area contributed by atoms with E-state index >= 15 is 0 Å². The van der Waals surface area contributed by atoms with Crippen LogP contribution in [0.25, 0.3) is 0 Å². The van der Waals surface area contributed by atoms with Crippen LogP contribution in [0.5, 0.6) is 5.88 Å². The van der Waals surface area contributed by atoms with Crippen LogP contribution in [0.4, 0.5) is 19.4 Å². The highest BCUT2D eigenvalue weighted by atomic mass is 19.3. The van der Waals surface area contributed by atoms with Gasteiger partial charge in [-0.05, 0) is 25.2 Å². The van der Waals surface area contributed by atoms with Crippen LogP contribution in [-0.4, -0.2) is 62.8 Å². The van der Waals surface area contributed by atoms with Crippen molar-refractivity contribution in [2.75, 3.05) is 18.5 Å². The molecule has 4 fully saturated rings. The van der Waals surface area contributed by atoms with Gasteiger partial charge in [0.25, 0.3) is 11.8 Å². The fourth-order valence-corrected chi connectivity index (χ4v) is 4.60. The van der Waals surface area contributed by atoms with Crippen molar-refractivity contribution in [1.29, 1.82) is 0 Å². The molecule has 11 nitrogen and oxygen atoms in total. The van der Waals surface area contributed by atoms with Crippen molar-refractivity contribution in [3.8, 4) is 5.88 Å². The maximum atomic E-state index is 13.0. The summed E-state index contributed by atoms with van der Waals surface area (Å²) in [5.41, 5.74) is 0.693. The molecule has 2 aromatic rings. The normalized spacial score (nSPS) is 27.5. The second-order valence-electron chi connectivity index (χ2n) is 9.48. The average molecular weight is 480 g/mol. The Morgan fingerprint density at radius 3 is 2.79 bits per heavy atom. The van der Waals surface area contributed by atoms with Gasteiger partial charge in [0.05, 0.1) is 12.3 Å². The molecule has 3 saturated carbocycles. The minimum Gasteiger partial charge on any atom is -0.470 e. The van der Waals surface area contributed by atoms with Crippen LogP contribution >= 0.6 is 0 Å². The van der Waals surface area contributed by atoms with E-state index < -0.39 is 24.5 Å². The first-order valence-electron chi connectivity index (χ1n) is 11.1. The van der Waals surface area contributed by atoms with Gasteiger partial charge in [0, 0.05) is 38.1 Å². The number of hydrogen-bond acceptors (Lipinski definition) is 7. The van der Waals surface area contributed by atoms with Crippen molar-refractivity contribution in [1.82, 2.24) is 25.3 Å². The van der Waals surface area contributed by atoms with Crippen LogP contribution in [0.2, 0.25) is 0 Å². The molecule has 3 N–H and O–H groups in total. The summed E-state index contributed by atoms with van der Waals surface area (Å²) in [6.45, 7) is 0.152. The predicted octanol–water partition coefficient (Wildman–Crippen LogP) is 2.54.